The summed E-state index contributed by atoms with van der Waals surface area (Å²) in [5.41, 5.74) is 7.04. The topological polar surface area (TPSA) is 78.6 Å². The van der Waals surface area contributed by atoms with E-state index in [1.165, 1.54) is 0 Å². The lowest BCUT2D eigenvalue weighted by Gasteiger charge is -2.15. The van der Waals surface area contributed by atoms with Crippen molar-refractivity contribution in [3.63, 3.8) is 0 Å². The predicted molar refractivity (Wildman–Crippen MR) is 90.4 cm³/mol. The lowest BCUT2D eigenvalue weighted by atomic mass is 10.1. The molecule has 0 spiro atoms. The fraction of sp³-hybridized carbons (Fsp3) is 0.263. The maximum Gasteiger partial charge on any atom is 0.307 e. The summed E-state index contributed by atoms with van der Waals surface area (Å²) >= 11 is 0. The number of rotatable bonds is 8. The summed E-state index contributed by atoms with van der Waals surface area (Å²) in [4.78, 5) is 23.4. The third kappa shape index (κ3) is 5.43. The minimum Gasteiger partial charge on any atom is -0.494 e. The number of carbonyl (C=O) groups excluding carboxylic acids is 2. The number of nitrogens with two attached hydrogens (primary N) is 1. The zero-order valence-electron chi connectivity index (χ0n) is 13.6. The first-order valence-electron chi connectivity index (χ1n) is 7.79. The Bertz CT molecular complexity index is 668. The molecule has 1 unspecified atom stereocenters. The maximum atomic E-state index is 11.9. The van der Waals surface area contributed by atoms with Gasteiger partial charge in [-0.05, 0) is 25.5 Å². The van der Waals surface area contributed by atoms with E-state index in [1.54, 1.807) is 24.3 Å². The normalized spacial score (nSPS) is 11.5. The minimum atomic E-state index is -1.06. The van der Waals surface area contributed by atoms with Gasteiger partial charge in [0.05, 0.1) is 6.61 Å². The molecule has 0 radical (unpaired) electrons. The molecule has 0 saturated heterocycles. The van der Waals surface area contributed by atoms with E-state index in [2.05, 4.69) is 0 Å². The van der Waals surface area contributed by atoms with Gasteiger partial charge < -0.3 is 15.2 Å². The number of amides is 1. The maximum absolute atomic E-state index is 11.9. The molecule has 24 heavy (non-hydrogen) atoms. The van der Waals surface area contributed by atoms with E-state index in [0.29, 0.717) is 18.6 Å². The summed E-state index contributed by atoms with van der Waals surface area (Å²) in [5.74, 6) is -0.408. The Hall–Kier alpha value is -2.82. The van der Waals surface area contributed by atoms with E-state index < -0.39 is 18.0 Å². The van der Waals surface area contributed by atoms with Crippen LogP contribution in [0.5, 0.6) is 5.75 Å². The van der Waals surface area contributed by atoms with Gasteiger partial charge in [-0.1, -0.05) is 48.0 Å². The second kappa shape index (κ2) is 8.72. The number of hydrogen-bond acceptors (Lipinski definition) is 4. The molecule has 5 heteroatoms. The van der Waals surface area contributed by atoms with Crippen molar-refractivity contribution < 1.29 is 19.1 Å². The number of carbonyl (C=O) groups is 2. The average molecular weight is 327 g/mol. The van der Waals surface area contributed by atoms with Crippen molar-refractivity contribution in [1.29, 1.82) is 0 Å². The molecular weight excluding hydrogens is 306 g/mol. The summed E-state index contributed by atoms with van der Waals surface area (Å²) in [5, 5.41) is 0. The summed E-state index contributed by atoms with van der Waals surface area (Å²) in [6.45, 7) is 2.40. The zero-order valence-corrected chi connectivity index (χ0v) is 13.6. The summed E-state index contributed by atoms with van der Waals surface area (Å²) in [6, 6.07) is 16.4. The van der Waals surface area contributed by atoms with Crippen molar-refractivity contribution >= 4 is 11.9 Å². The third-order valence-corrected chi connectivity index (χ3v) is 3.42. The van der Waals surface area contributed by atoms with Crippen molar-refractivity contribution in [3.8, 4) is 5.75 Å². The fourth-order valence-corrected chi connectivity index (χ4v) is 2.15. The van der Waals surface area contributed by atoms with Crippen LogP contribution >= 0.6 is 0 Å². The number of primary amides is 1. The van der Waals surface area contributed by atoms with Crippen molar-refractivity contribution in [2.24, 2.45) is 5.73 Å². The van der Waals surface area contributed by atoms with Crippen LogP contribution in [0.1, 0.15) is 30.1 Å². The molecule has 0 aromatic heterocycles. The molecule has 126 valence electrons. The van der Waals surface area contributed by atoms with Gasteiger partial charge in [0.1, 0.15) is 5.75 Å². The van der Waals surface area contributed by atoms with Crippen LogP contribution in [0.25, 0.3) is 0 Å². The second-order valence-corrected chi connectivity index (χ2v) is 5.45. The van der Waals surface area contributed by atoms with Gasteiger partial charge in [0.2, 0.25) is 6.10 Å². The molecule has 0 aliphatic carbocycles. The average Bonchev–Trinajstić information content (AvgIpc) is 2.58. The first-order chi connectivity index (χ1) is 11.6. The van der Waals surface area contributed by atoms with Crippen LogP contribution in [0, 0.1) is 6.92 Å². The molecular formula is C19H21NO4. The van der Waals surface area contributed by atoms with Crippen molar-refractivity contribution in [2.45, 2.75) is 25.9 Å². The van der Waals surface area contributed by atoms with Gasteiger partial charge >= 0.3 is 5.97 Å². The third-order valence-electron chi connectivity index (χ3n) is 3.42. The molecule has 0 aliphatic rings. The van der Waals surface area contributed by atoms with E-state index in [-0.39, 0.29) is 6.42 Å². The van der Waals surface area contributed by atoms with Crippen LogP contribution in [-0.2, 0) is 14.3 Å². The monoisotopic (exact) mass is 327 g/mol. The van der Waals surface area contributed by atoms with E-state index in [0.717, 1.165) is 11.3 Å². The smallest absolute Gasteiger partial charge is 0.307 e. The van der Waals surface area contributed by atoms with Crippen LogP contribution in [0.15, 0.2) is 54.6 Å². The molecule has 0 fully saturated rings. The van der Waals surface area contributed by atoms with Crippen LogP contribution < -0.4 is 10.5 Å². The van der Waals surface area contributed by atoms with E-state index in [1.807, 2.05) is 37.3 Å². The summed E-state index contributed by atoms with van der Waals surface area (Å²) in [7, 11) is 0. The first-order valence-corrected chi connectivity index (χ1v) is 7.79. The Morgan fingerprint density at radius 2 is 1.71 bits per heavy atom. The number of hydrogen-bond donors (Lipinski definition) is 1. The zero-order chi connectivity index (χ0) is 17.4. The lowest BCUT2D eigenvalue weighted by molar-refractivity contribution is -0.155. The standard InChI is InChI=1S/C19H21NO4/c1-14-9-11-16(12-10-14)23-13-5-8-17(21)24-18(19(20)22)15-6-3-2-4-7-15/h2-4,6-7,9-12,18H,5,8,13H2,1H3,(H2,20,22). The van der Waals surface area contributed by atoms with Crippen LogP contribution in [0.3, 0.4) is 0 Å². The van der Waals surface area contributed by atoms with Crippen molar-refractivity contribution in [2.75, 3.05) is 6.61 Å². The highest BCUT2D eigenvalue weighted by Crippen LogP contribution is 2.18. The van der Waals surface area contributed by atoms with Gasteiger partial charge in [-0.15, -0.1) is 0 Å². The van der Waals surface area contributed by atoms with Crippen LogP contribution in [-0.4, -0.2) is 18.5 Å². The van der Waals surface area contributed by atoms with Gasteiger partial charge in [-0.25, -0.2) is 0 Å². The molecule has 1 amide bonds. The first kappa shape index (κ1) is 17.5. The van der Waals surface area contributed by atoms with Crippen LogP contribution in [0.2, 0.25) is 0 Å². The van der Waals surface area contributed by atoms with Gasteiger partial charge in [0, 0.05) is 12.0 Å². The number of benzene rings is 2. The predicted octanol–water partition coefficient (Wildman–Crippen LogP) is 2.92. The SMILES string of the molecule is Cc1ccc(OCCCC(=O)OC(C(N)=O)c2ccccc2)cc1. The van der Waals surface area contributed by atoms with Gasteiger partial charge in [-0.3, -0.25) is 9.59 Å². The fourth-order valence-electron chi connectivity index (χ4n) is 2.15. The van der Waals surface area contributed by atoms with Gasteiger partial charge in [-0.2, -0.15) is 0 Å². The second-order valence-electron chi connectivity index (χ2n) is 5.45. The quantitative estimate of drug-likeness (QED) is 0.597. The van der Waals surface area contributed by atoms with Gasteiger partial charge in [0.25, 0.3) is 5.91 Å². The van der Waals surface area contributed by atoms with E-state index in [4.69, 9.17) is 15.2 Å². The Labute approximate surface area is 141 Å². The Morgan fingerprint density at radius 3 is 2.33 bits per heavy atom. The van der Waals surface area contributed by atoms with Crippen molar-refractivity contribution in [3.05, 3.63) is 65.7 Å². The summed E-state index contributed by atoms with van der Waals surface area (Å²) < 4.78 is 10.7. The Kier molecular flexibility index (Phi) is 6.37. The molecule has 2 N–H and O–H groups in total. The molecule has 2 rings (SSSR count). The molecule has 2 aromatic carbocycles. The molecule has 0 saturated carbocycles. The highest BCUT2D eigenvalue weighted by molar-refractivity contribution is 5.83. The minimum absolute atomic E-state index is 0.155. The van der Waals surface area contributed by atoms with Crippen LogP contribution in [0.4, 0.5) is 0 Å². The van der Waals surface area contributed by atoms with Crippen molar-refractivity contribution in [1.82, 2.24) is 0 Å². The molecule has 0 aliphatic heterocycles. The van der Waals surface area contributed by atoms with E-state index in [9.17, 15) is 9.59 Å². The van der Waals surface area contributed by atoms with Gasteiger partial charge in [0.15, 0.2) is 0 Å². The molecule has 1 atom stereocenters. The van der Waals surface area contributed by atoms with E-state index >= 15 is 0 Å². The molecule has 0 heterocycles. The summed E-state index contributed by atoms with van der Waals surface area (Å²) in [6.07, 6.45) is -0.410. The number of esters is 1. The highest BCUT2D eigenvalue weighted by atomic mass is 16.5. The largest absolute Gasteiger partial charge is 0.494 e. The lowest BCUT2D eigenvalue weighted by Crippen LogP contribution is -2.26. The Morgan fingerprint density at radius 1 is 1.04 bits per heavy atom. The molecule has 0 bridgehead atoms. The molecule has 2 aromatic rings. The highest BCUT2D eigenvalue weighted by Gasteiger charge is 2.21. The number of ether oxygens (including phenoxy) is 2. The number of aryl methyl sites for hydroxylation is 1. The molecule has 5 nitrogen and oxygen atoms in total. The Balaban J connectivity index is 1.77.